The number of nitrogens with zero attached hydrogens (tertiary/aromatic N) is 2. The molecule has 1 aromatic carbocycles. The molecule has 2 heterocycles. The molecule has 0 radical (unpaired) electrons. The summed E-state index contributed by atoms with van der Waals surface area (Å²) in [5, 5.41) is 2.75. The molecule has 5 nitrogen and oxygen atoms in total. The van der Waals surface area contributed by atoms with Gasteiger partial charge in [-0.05, 0) is 36.2 Å². The van der Waals surface area contributed by atoms with Gasteiger partial charge in [0.2, 0.25) is 0 Å². The van der Waals surface area contributed by atoms with E-state index in [1.165, 1.54) is 10.6 Å². The summed E-state index contributed by atoms with van der Waals surface area (Å²) < 4.78 is 2.33. The Morgan fingerprint density at radius 1 is 1.30 bits per heavy atom. The summed E-state index contributed by atoms with van der Waals surface area (Å²) in [6, 6.07) is 11.2. The molecule has 1 amide bonds. The first kappa shape index (κ1) is 15.4. The SMILES string of the molecule is Cc1cccn2c(=O)c(C(=O)NCc3cccc(Br)c3)cnc12. The first-order valence-electron chi connectivity index (χ1n) is 7.06. The monoisotopic (exact) mass is 371 g/mol. The van der Waals surface area contributed by atoms with Gasteiger partial charge in [0, 0.05) is 23.4 Å². The maximum absolute atomic E-state index is 12.4. The summed E-state index contributed by atoms with van der Waals surface area (Å²) in [6.45, 7) is 2.21. The van der Waals surface area contributed by atoms with E-state index in [0.29, 0.717) is 12.2 Å². The third-order valence-electron chi connectivity index (χ3n) is 3.51. The van der Waals surface area contributed by atoms with Crippen LogP contribution in [0.5, 0.6) is 0 Å². The summed E-state index contributed by atoms with van der Waals surface area (Å²) in [5.74, 6) is -0.432. The number of carbonyl (C=O) groups is 1. The minimum Gasteiger partial charge on any atom is -0.348 e. The molecular weight excluding hydrogens is 358 g/mol. The number of aryl methyl sites for hydroxylation is 1. The van der Waals surface area contributed by atoms with Crippen molar-refractivity contribution < 1.29 is 4.79 Å². The minimum absolute atomic E-state index is 0.0306. The van der Waals surface area contributed by atoms with Crippen LogP contribution >= 0.6 is 15.9 Å². The molecule has 0 unspecified atom stereocenters. The number of nitrogens with one attached hydrogen (secondary N) is 1. The number of rotatable bonds is 3. The normalized spacial score (nSPS) is 10.7. The van der Waals surface area contributed by atoms with E-state index in [-0.39, 0.29) is 11.1 Å². The molecule has 3 rings (SSSR count). The van der Waals surface area contributed by atoms with Crippen molar-refractivity contribution in [3.63, 3.8) is 0 Å². The van der Waals surface area contributed by atoms with Crippen molar-refractivity contribution in [2.24, 2.45) is 0 Å². The molecule has 1 N–H and O–H groups in total. The minimum atomic E-state index is -0.432. The first-order chi connectivity index (χ1) is 11.1. The average molecular weight is 372 g/mol. The molecule has 3 aromatic rings. The number of benzene rings is 1. The van der Waals surface area contributed by atoms with Crippen molar-refractivity contribution in [3.8, 4) is 0 Å². The van der Waals surface area contributed by atoms with Gasteiger partial charge in [0.05, 0.1) is 0 Å². The third kappa shape index (κ3) is 3.17. The van der Waals surface area contributed by atoms with Crippen molar-refractivity contribution >= 4 is 27.5 Å². The molecule has 0 aliphatic rings. The van der Waals surface area contributed by atoms with Gasteiger partial charge >= 0.3 is 0 Å². The van der Waals surface area contributed by atoms with Crippen LogP contribution in [0, 0.1) is 6.92 Å². The van der Waals surface area contributed by atoms with Crippen LogP contribution in [-0.4, -0.2) is 15.3 Å². The largest absolute Gasteiger partial charge is 0.348 e. The Balaban J connectivity index is 1.87. The molecule has 2 aromatic heterocycles. The van der Waals surface area contributed by atoms with E-state index in [4.69, 9.17) is 0 Å². The van der Waals surface area contributed by atoms with Crippen molar-refractivity contribution in [2.75, 3.05) is 0 Å². The van der Waals surface area contributed by atoms with E-state index in [1.807, 2.05) is 37.3 Å². The summed E-state index contributed by atoms with van der Waals surface area (Å²) in [4.78, 5) is 28.9. The smallest absolute Gasteiger partial charge is 0.270 e. The number of hydrogen-bond donors (Lipinski definition) is 1. The summed E-state index contributed by atoms with van der Waals surface area (Å²) in [6.07, 6.45) is 2.95. The zero-order valence-electron chi connectivity index (χ0n) is 12.4. The fourth-order valence-corrected chi connectivity index (χ4v) is 2.77. The Labute approximate surface area is 141 Å². The molecule has 0 aliphatic heterocycles. The summed E-state index contributed by atoms with van der Waals surface area (Å²) >= 11 is 3.38. The van der Waals surface area contributed by atoms with E-state index in [0.717, 1.165) is 15.6 Å². The highest BCUT2D eigenvalue weighted by atomic mass is 79.9. The van der Waals surface area contributed by atoms with Gasteiger partial charge in [-0.15, -0.1) is 0 Å². The van der Waals surface area contributed by atoms with E-state index in [2.05, 4.69) is 26.2 Å². The Bertz CT molecular complexity index is 950. The number of halogens is 1. The molecule has 6 heteroatoms. The van der Waals surface area contributed by atoms with Gasteiger partial charge < -0.3 is 5.32 Å². The lowest BCUT2D eigenvalue weighted by molar-refractivity contribution is 0.0949. The molecule has 0 aliphatic carbocycles. The van der Waals surface area contributed by atoms with Gasteiger partial charge in [-0.3, -0.25) is 14.0 Å². The summed E-state index contributed by atoms with van der Waals surface area (Å²) in [7, 11) is 0. The van der Waals surface area contributed by atoms with E-state index in [9.17, 15) is 9.59 Å². The topological polar surface area (TPSA) is 63.5 Å². The number of aromatic nitrogens is 2. The average Bonchev–Trinajstić information content (AvgIpc) is 2.54. The molecule has 0 fully saturated rings. The van der Waals surface area contributed by atoms with Crippen molar-refractivity contribution in [3.05, 3.63) is 80.3 Å². The molecule has 0 saturated heterocycles. The molecule has 0 spiro atoms. The molecular formula is C17H14BrN3O2. The lowest BCUT2D eigenvalue weighted by Gasteiger charge is -2.07. The van der Waals surface area contributed by atoms with E-state index < -0.39 is 5.91 Å². The van der Waals surface area contributed by atoms with Crippen LogP contribution in [0.4, 0.5) is 0 Å². The Kier molecular flexibility index (Phi) is 4.25. The number of hydrogen-bond acceptors (Lipinski definition) is 3. The highest BCUT2D eigenvalue weighted by molar-refractivity contribution is 9.10. The fraction of sp³-hybridized carbons (Fsp3) is 0.118. The van der Waals surface area contributed by atoms with Crippen LogP contribution in [0.1, 0.15) is 21.5 Å². The van der Waals surface area contributed by atoms with E-state index >= 15 is 0 Å². The number of carbonyl (C=O) groups excluding carboxylic acids is 1. The lowest BCUT2D eigenvalue weighted by atomic mass is 10.2. The predicted octanol–water partition coefficient (Wildman–Crippen LogP) is 2.70. The van der Waals surface area contributed by atoms with Crippen LogP contribution in [0.2, 0.25) is 0 Å². The van der Waals surface area contributed by atoms with Gasteiger partial charge in [-0.25, -0.2) is 4.98 Å². The molecule has 116 valence electrons. The highest BCUT2D eigenvalue weighted by Gasteiger charge is 2.13. The number of amides is 1. The number of pyridine rings is 1. The van der Waals surface area contributed by atoms with Gasteiger partial charge in [0.15, 0.2) is 0 Å². The zero-order valence-corrected chi connectivity index (χ0v) is 14.0. The second-order valence-corrected chi connectivity index (χ2v) is 6.09. The Hall–Kier alpha value is -2.47. The standard InChI is InChI=1S/C17H14BrN3O2/c1-11-4-3-7-21-15(11)19-10-14(17(21)23)16(22)20-9-12-5-2-6-13(18)8-12/h2-8,10H,9H2,1H3,(H,20,22). The van der Waals surface area contributed by atoms with Crippen molar-refractivity contribution in [2.45, 2.75) is 13.5 Å². The maximum atomic E-state index is 12.4. The third-order valence-corrected chi connectivity index (χ3v) is 4.01. The predicted molar refractivity (Wildman–Crippen MR) is 91.5 cm³/mol. The fourth-order valence-electron chi connectivity index (χ4n) is 2.33. The molecule has 23 heavy (non-hydrogen) atoms. The van der Waals surface area contributed by atoms with Crippen LogP contribution in [0.15, 0.2) is 58.1 Å². The maximum Gasteiger partial charge on any atom is 0.270 e. The highest BCUT2D eigenvalue weighted by Crippen LogP contribution is 2.11. The van der Waals surface area contributed by atoms with Crippen molar-refractivity contribution in [1.82, 2.24) is 14.7 Å². The molecule has 0 atom stereocenters. The first-order valence-corrected chi connectivity index (χ1v) is 7.85. The van der Waals surface area contributed by atoms with E-state index in [1.54, 1.807) is 12.3 Å². The van der Waals surface area contributed by atoms with Crippen LogP contribution < -0.4 is 10.9 Å². The van der Waals surface area contributed by atoms with Crippen LogP contribution in [-0.2, 0) is 6.54 Å². The zero-order chi connectivity index (χ0) is 16.4. The number of fused-ring (bicyclic) bond motifs is 1. The summed E-state index contributed by atoms with van der Waals surface area (Å²) in [5.41, 5.74) is 2.04. The second kappa shape index (κ2) is 6.34. The van der Waals surface area contributed by atoms with Crippen LogP contribution in [0.25, 0.3) is 5.65 Å². The van der Waals surface area contributed by atoms with Gasteiger partial charge in [-0.2, -0.15) is 0 Å². The second-order valence-electron chi connectivity index (χ2n) is 5.17. The van der Waals surface area contributed by atoms with Gasteiger partial charge in [0.25, 0.3) is 11.5 Å². The van der Waals surface area contributed by atoms with Crippen LogP contribution in [0.3, 0.4) is 0 Å². The lowest BCUT2D eigenvalue weighted by Crippen LogP contribution is -2.31. The van der Waals surface area contributed by atoms with Gasteiger partial charge in [-0.1, -0.05) is 34.1 Å². The molecule has 0 bridgehead atoms. The quantitative estimate of drug-likeness (QED) is 0.769. The molecule has 0 saturated carbocycles. The van der Waals surface area contributed by atoms with Crippen molar-refractivity contribution in [1.29, 1.82) is 0 Å². The van der Waals surface area contributed by atoms with Gasteiger partial charge in [0.1, 0.15) is 11.2 Å². The Morgan fingerprint density at radius 2 is 2.13 bits per heavy atom. The Morgan fingerprint density at radius 3 is 2.91 bits per heavy atom.